The van der Waals surface area contributed by atoms with Crippen LogP contribution in [-0.2, 0) is 0 Å². The van der Waals surface area contributed by atoms with Crippen LogP contribution in [0.4, 0.5) is 0 Å². The van der Waals surface area contributed by atoms with E-state index in [0.717, 1.165) is 11.8 Å². The average molecular weight is 211 g/mol. The minimum Gasteiger partial charge on any atom is -0.314 e. The van der Waals surface area contributed by atoms with E-state index in [-0.39, 0.29) is 0 Å². The molecule has 0 amide bonds. The summed E-state index contributed by atoms with van der Waals surface area (Å²) in [7, 11) is 0. The van der Waals surface area contributed by atoms with E-state index in [1.54, 1.807) is 0 Å². The molecule has 1 atom stereocenters. The van der Waals surface area contributed by atoms with Gasteiger partial charge < -0.3 is 5.32 Å². The highest BCUT2D eigenvalue weighted by Crippen LogP contribution is 2.31. The number of hydrogen-bond donors (Lipinski definition) is 1. The Morgan fingerprint density at radius 1 is 1.20 bits per heavy atom. The molecule has 15 heavy (non-hydrogen) atoms. The van der Waals surface area contributed by atoms with E-state index in [9.17, 15) is 0 Å². The van der Waals surface area contributed by atoms with E-state index in [1.807, 2.05) is 0 Å². The van der Waals surface area contributed by atoms with Gasteiger partial charge in [0.05, 0.1) is 0 Å². The summed E-state index contributed by atoms with van der Waals surface area (Å²) in [6.07, 6.45) is 10.2. The van der Waals surface area contributed by atoms with Gasteiger partial charge in [0.2, 0.25) is 0 Å². The summed E-state index contributed by atoms with van der Waals surface area (Å²) < 4.78 is 0. The van der Waals surface area contributed by atoms with Crippen molar-refractivity contribution in [2.45, 2.75) is 71.8 Å². The molecular formula is C14H29N. The van der Waals surface area contributed by atoms with Gasteiger partial charge in [-0.1, -0.05) is 52.9 Å². The van der Waals surface area contributed by atoms with Gasteiger partial charge in [-0.25, -0.2) is 0 Å². The third kappa shape index (κ3) is 5.55. The van der Waals surface area contributed by atoms with Gasteiger partial charge in [-0.3, -0.25) is 0 Å². The van der Waals surface area contributed by atoms with Crippen LogP contribution in [0.3, 0.4) is 0 Å². The zero-order valence-electron chi connectivity index (χ0n) is 10.9. The molecule has 1 heteroatoms. The van der Waals surface area contributed by atoms with Crippen LogP contribution in [0.2, 0.25) is 0 Å². The van der Waals surface area contributed by atoms with Gasteiger partial charge in [0.25, 0.3) is 0 Å². The summed E-state index contributed by atoms with van der Waals surface area (Å²) in [4.78, 5) is 0. The summed E-state index contributed by atoms with van der Waals surface area (Å²) in [5.74, 6) is 1.98. The molecule has 0 spiro atoms. The van der Waals surface area contributed by atoms with Crippen LogP contribution < -0.4 is 5.32 Å². The summed E-state index contributed by atoms with van der Waals surface area (Å²) >= 11 is 0. The van der Waals surface area contributed by atoms with E-state index in [1.165, 1.54) is 51.5 Å². The summed E-state index contributed by atoms with van der Waals surface area (Å²) in [6, 6.07) is 0.646. The molecule has 1 aliphatic rings. The van der Waals surface area contributed by atoms with Crippen LogP contribution in [0.1, 0.15) is 65.7 Å². The van der Waals surface area contributed by atoms with Crippen molar-refractivity contribution in [1.29, 1.82) is 0 Å². The molecule has 1 aliphatic carbocycles. The van der Waals surface area contributed by atoms with Crippen molar-refractivity contribution in [3.05, 3.63) is 0 Å². The van der Waals surface area contributed by atoms with Crippen molar-refractivity contribution in [3.8, 4) is 0 Å². The monoisotopic (exact) mass is 211 g/mol. The molecular weight excluding hydrogens is 182 g/mol. The molecule has 0 bridgehead atoms. The molecule has 0 heterocycles. The maximum atomic E-state index is 3.60. The fourth-order valence-electron chi connectivity index (χ4n) is 2.83. The summed E-state index contributed by atoms with van der Waals surface area (Å²) in [5.41, 5.74) is 0. The lowest BCUT2D eigenvalue weighted by Crippen LogP contribution is -2.29. The van der Waals surface area contributed by atoms with Gasteiger partial charge in [0.15, 0.2) is 0 Å². The minimum atomic E-state index is 0.646. The predicted octanol–water partition coefficient (Wildman–Crippen LogP) is 3.98. The summed E-state index contributed by atoms with van der Waals surface area (Å²) in [5, 5.41) is 3.60. The second-order valence-corrected chi connectivity index (χ2v) is 5.60. The second kappa shape index (κ2) is 7.27. The third-order valence-electron chi connectivity index (χ3n) is 3.65. The predicted molar refractivity (Wildman–Crippen MR) is 68.1 cm³/mol. The Kier molecular flexibility index (Phi) is 6.31. The second-order valence-electron chi connectivity index (χ2n) is 5.60. The first-order valence-electron chi connectivity index (χ1n) is 6.95. The lowest BCUT2D eigenvalue weighted by Gasteiger charge is -2.21. The normalized spacial score (nSPS) is 20.0. The maximum absolute atomic E-state index is 3.60. The van der Waals surface area contributed by atoms with E-state index in [4.69, 9.17) is 0 Å². The highest BCUT2D eigenvalue weighted by Gasteiger charge is 2.19. The van der Waals surface area contributed by atoms with Crippen molar-refractivity contribution in [3.63, 3.8) is 0 Å². The molecule has 1 fully saturated rings. The number of rotatable bonds is 7. The van der Waals surface area contributed by atoms with Gasteiger partial charge in [-0.15, -0.1) is 0 Å². The quantitative estimate of drug-likeness (QED) is 0.671. The first-order chi connectivity index (χ1) is 7.22. The molecule has 0 aromatic rings. The van der Waals surface area contributed by atoms with Gasteiger partial charge in [0.1, 0.15) is 0 Å². The van der Waals surface area contributed by atoms with Crippen molar-refractivity contribution in [2.24, 2.45) is 11.8 Å². The lowest BCUT2D eigenvalue weighted by molar-refractivity contribution is 0.331. The molecule has 90 valence electrons. The van der Waals surface area contributed by atoms with Crippen molar-refractivity contribution in [1.82, 2.24) is 5.32 Å². The van der Waals surface area contributed by atoms with Gasteiger partial charge in [-0.2, -0.15) is 0 Å². The Morgan fingerprint density at radius 3 is 2.40 bits per heavy atom. The van der Waals surface area contributed by atoms with Gasteiger partial charge in [0, 0.05) is 6.04 Å². The zero-order chi connectivity index (χ0) is 11.1. The largest absolute Gasteiger partial charge is 0.314 e. The Morgan fingerprint density at radius 2 is 1.87 bits per heavy atom. The Bertz CT molecular complexity index is 147. The fourth-order valence-corrected chi connectivity index (χ4v) is 2.83. The lowest BCUT2D eigenvalue weighted by atomic mass is 9.90. The highest BCUT2D eigenvalue weighted by atomic mass is 14.9. The molecule has 1 unspecified atom stereocenters. The highest BCUT2D eigenvalue weighted by molar-refractivity contribution is 4.73. The van der Waals surface area contributed by atoms with Crippen molar-refractivity contribution in [2.75, 3.05) is 6.54 Å². The molecule has 1 nitrogen and oxygen atoms in total. The molecule has 0 radical (unpaired) electrons. The van der Waals surface area contributed by atoms with Crippen LogP contribution in [0.5, 0.6) is 0 Å². The molecule has 0 saturated heterocycles. The standard InChI is InChI=1S/C14H29N/c1-4-7-14(11-15-12(2)3)10-13-8-5-6-9-13/h12-15H,4-11H2,1-3H3. The molecule has 0 aromatic carbocycles. The summed E-state index contributed by atoms with van der Waals surface area (Å²) in [6.45, 7) is 8.05. The van der Waals surface area contributed by atoms with E-state index < -0.39 is 0 Å². The molecule has 0 aliphatic heterocycles. The SMILES string of the molecule is CCCC(CNC(C)C)CC1CCCC1. The molecule has 1 N–H and O–H groups in total. The average Bonchev–Trinajstić information content (AvgIpc) is 2.67. The number of hydrogen-bond acceptors (Lipinski definition) is 1. The van der Waals surface area contributed by atoms with Crippen molar-refractivity contribution < 1.29 is 0 Å². The number of nitrogens with one attached hydrogen (secondary N) is 1. The van der Waals surface area contributed by atoms with E-state index in [2.05, 4.69) is 26.1 Å². The Hall–Kier alpha value is -0.0400. The molecule has 0 aromatic heterocycles. The first-order valence-corrected chi connectivity index (χ1v) is 6.95. The minimum absolute atomic E-state index is 0.646. The van der Waals surface area contributed by atoms with Crippen LogP contribution in [0.25, 0.3) is 0 Å². The van der Waals surface area contributed by atoms with E-state index >= 15 is 0 Å². The van der Waals surface area contributed by atoms with Crippen LogP contribution in [0, 0.1) is 11.8 Å². The maximum Gasteiger partial charge on any atom is 0.00104 e. The fraction of sp³-hybridized carbons (Fsp3) is 1.00. The molecule has 1 rings (SSSR count). The third-order valence-corrected chi connectivity index (χ3v) is 3.65. The first kappa shape index (κ1) is 13.0. The van der Waals surface area contributed by atoms with Crippen LogP contribution >= 0.6 is 0 Å². The van der Waals surface area contributed by atoms with Gasteiger partial charge in [-0.05, 0) is 31.2 Å². The molecule has 1 saturated carbocycles. The van der Waals surface area contributed by atoms with Crippen LogP contribution in [0.15, 0.2) is 0 Å². The topological polar surface area (TPSA) is 12.0 Å². The Balaban J connectivity index is 2.22. The van der Waals surface area contributed by atoms with Crippen LogP contribution in [-0.4, -0.2) is 12.6 Å². The van der Waals surface area contributed by atoms with Crippen molar-refractivity contribution >= 4 is 0 Å². The zero-order valence-corrected chi connectivity index (χ0v) is 10.9. The smallest absolute Gasteiger partial charge is 0.00104 e. The van der Waals surface area contributed by atoms with E-state index in [0.29, 0.717) is 6.04 Å². The Labute approximate surface area is 96.0 Å². The van der Waals surface area contributed by atoms with Gasteiger partial charge >= 0.3 is 0 Å².